The molecular weight excluding hydrogens is 282 g/mol. The number of nitrogens with one attached hydrogen (secondary N) is 1. The summed E-state index contributed by atoms with van der Waals surface area (Å²) in [5.41, 5.74) is 0. The van der Waals surface area contributed by atoms with Crippen molar-refractivity contribution >= 4 is 21.4 Å². The highest BCUT2D eigenvalue weighted by atomic mass is 32.2. The van der Waals surface area contributed by atoms with Gasteiger partial charge in [-0.15, -0.1) is 11.3 Å². The number of hydrogen-bond donors (Lipinski definition) is 2. The first-order valence-corrected chi connectivity index (χ1v) is 9.26. The van der Waals surface area contributed by atoms with Gasteiger partial charge in [0.15, 0.2) is 0 Å². The monoisotopic (exact) mass is 303 g/mol. The normalized spacial score (nSPS) is 24.9. The van der Waals surface area contributed by atoms with Crippen LogP contribution in [0.3, 0.4) is 0 Å². The smallest absolute Gasteiger partial charge is 0.212 e. The summed E-state index contributed by atoms with van der Waals surface area (Å²) >= 11 is 1.57. The maximum atomic E-state index is 12.1. The van der Waals surface area contributed by atoms with Gasteiger partial charge in [0.2, 0.25) is 10.0 Å². The molecule has 1 fully saturated rings. The molecule has 0 amide bonds. The standard InChI is InChI=1S/C13H21NO3S2/c1-2-3-7-19(16,17)14-13(10-8-11(15)9-10)12-5-4-6-18-12/h4-6,10-11,13-15H,2-3,7-9H2,1H3/t10?,11?,13-/m0/s1. The van der Waals surface area contributed by atoms with Gasteiger partial charge < -0.3 is 5.11 Å². The summed E-state index contributed by atoms with van der Waals surface area (Å²) in [6.07, 6.45) is 2.64. The zero-order valence-electron chi connectivity index (χ0n) is 11.1. The van der Waals surface area contributed by atoms with Crippen LogP contribution in [0.4, 0.5) is 0 Å². The Hall–Kier alpha value is -0.430. The molecule has 1 aliphatic carbocycles. The highest BCUT2D eigenvalue weighted by Crippen LogP contribution is 2.39. The minimum absolute atomic E-state index is 0.176. The molecule has 1 atom stereocenters. The lowest BCUT2D eigenvalue weighted by molar-refractivity contribution is 0.0286. The predicted octanol–water partition coefficient (Wildman–Crippen LogP) is 2.28. The molecule has 19 heavy (non-hydrogen) atoms. The fraction of sp³-hybridized carbons (Fsp3) is 0.692. The maximum absolute atomic E-state index is 12.1. The van der Waals surface area contributed by atoms with E-state index in [-0.39, 0.29) is 23.8 Å². The molecule has 4 nitrogen and oxygen atoms in total. The second-order valence-electron chi connectivity index (χ2n) is 5.17. The number of hydrogen-bond acceptors (Lipinski definition) is 4. The third kappa shape index (κ3) is 4.02. The SMILES string of the molecule is CCCCS(=O)(=O)N[C@H](c1cccs1)C1CC(O)C1. The van der Waals surface area contributed by atoms with E-state index in [4.69, 9.17) is 0 Å². The van der Waals surface area contributed by atoms with Crippen molar-refractivity contribution < 1.29 is 13.5 Å². The Morgan fingerprint density at radius 2 is 2.26 bits per heavy atom. The van der Waals surface area contributed by atoms with E-state index in [9.17, 15) is 13.5 Å². The molecule has 6 heteroatoms. The van der Waals surface area contributed by atoms with Gasteiger partial charge in [-0.2, -0.15) is 0 Å². The van der Waals surface area contributed by atoms with Crippen molar-refractivity contribution in [1.29, 1.82) is 0 Å². The lowest BCUT2D eigenvalue weighted by Gasteiger charge is -2.37. The molecule has 0 aliphatic heterocycles. The van der Waals surface area contributed by atoms with Gasteiger partial charge in [-0.1, -0.05) is 19.4 Å². The molecule has 0 aromatic carbocycles. The summed E-state index contributed by atoms with van der Waals surface area (Å²) in [6, 6.07) is 3.72. The molecule has 1 aromatic rings. The summed E-state index contributed by atoms with van der Waals surface area (Å²) in [4.78, 5) is 1.04. The van der Waals surface area contributed by atoms with E-state index in [0.29, 0.717) is 19.3 Å². The number of sulfonamides is 1. The molecule has 1 saturated carbocycles. The van der Waals surface area contributed by atoms with Gasteiger partial charge in [0.1, 0.15) is 0 Å². The van der Waals surface area contributed by atoms with Crippen LogP contribution in [-0.2, 0) is 10.0 Å². The predicted molar refractivity (Wildman–Crippen MR) is 77.6 cm³/mol. The zero-order valence-corrected chi connectivity index (χ0v) is 12.7. The van der Waals surface area contributed by atoms with Crippen molar-refractivity contribution in [3.8, 4) is 0 Å². The molecule has 2 N–H and O–H groups in total. The number of rotatable bonds is 7. The Bertz CT molecular complexity index is 478. The summed E-state index contributed by atoms with van der Waals surface area (Å²) in [7, 11) is -3.23. The van der Waals surface area contributed by atoms with E-state index < -0.39 is 10.0 Å². The molecule has 2 rings (SSSR count). The molecule has 0 unspecified atom stereocenters. The molecule has 0 bridgehead atoms. The fourth-order valence-corrected chi connectivity index (χ4v) is 4.78. The van der Waals surface area contributed by atoms with Crippen LogP contribution >= 0.6 is 11.3 Å². The summed E-state index contributed by atoms with van der Waals surface area (Å²) in [6.45, 7) is 1.98. The third-order valence-electron chi connectivity index (χ3n) is 3.54. The van der Waals surface area contributed by atoms with Crippen molar-refractivity contribution in [2.24, 2.45) is 5.92 Å². The van der Waals surface area contributed by atoms with E-state index in [1.807, 2.05) is 24.4 Å². The van der Waals surface area contributed by atoms with Crippen LogP contribution in [-0.4, -0.2) is 25.4 Å². The molecule has 108 valence electrons. The minimum Gasteiger partial charge on any atom is -0.393 e. The molecule has 0 spiro atoms. The highest BCUT2D eigenvalue weighted by Gasteiger charge is 2.37. The van der Waals surface area contributed by atoms with Gasteiger partial charge in [0.25, 0.3) is 0 Å². The Morgan fingerprint density at radius 1 is 1.53 bits per heavy atom. The molecule has 0 radical (unpaired) electrons. The first kappa shape index (κ1) is 15.0. The van der Waals surface area contributed by atoms with Gasteiger partial charge in [-0.05, 0) is 36.6 Å². The average Bonchev–Trinajstić information content (AvgIpc) is 2.84. The van der Waals surface area contributed by atoms with E-state index in [0.717, 1.165) is 11.3 Å². The van der Waals surface area contributed by atoms with Crippen molar-refractivity contribution in [1.82, 2.24) is 4.72 Å². The number of aliphatic hydroxyl groups excluding tert-OH is 1. The van der Waals surface area contributed by atoms with Crippen molar-refractivity contribution in [3.63, 3.8) is 0 Å². The second kappa shape index (κ2) is 6.35. The summed E-state index contributed by atoms with van der Waals surface area (Å²) < 4.78 is 26.9. The van der Waals surface area contributed by atoms with Gasteiger partial charge >= 0.3 is 0 Å². The first-order chi connectivity index (χ1) is 9.02. The highest BCUT2D eigenvalue weighted by molar-refractivity contribution is 7.89. The van der Waals surface area contributed by atoms with Gasteiger partial charge in [-0.3, -0.25) is 0 Å². The molecule has 0 saturated heterocycles. The van der Waals surface area contributed by atoms with Gasteiger partial charge in [0.05, 0.1) is 17.9 Å². The second-order valence-corrected chi connectivity index (χ2v) is 8.02. The van der Waals surface area contributed by atoms with Crippen LogP contribution in [0.5, 0.6) is 0 Å². The Morgan fingerprint density at radius 3 is 2.79 bits per heavy atom. The maximum Gasteiger partial charge on any atom is 0.212 e. The Kier molecular flexibility index (Phi) is 5.00. The zero-order chi connectivity index (χ0) is 13.9. The quantitative estimate of drug-likeness (QED) is 0.812. The van der Waals surface area contributed by atoms with Crippen molar-refractivity contribution in [3.05, 3.63) is 22.4 Å². The molecule has 1 heterocycles. The Labute approximate surface area is 118 Å². The topological polar surface area (TPSA) is 66.4 Å². The number of unbranched alkanes of at least 4 members (excludes halogenated alkanes) is 1. The van der Waals surface area contributed by atoms with E-state index in [1.165, 1.54) is 0 Å². The van der Waals surface area contributed by atoms with E-state index in [1.54, 1.807) is 11.3 Å². The van der Waals surface area contributed by atoms with Crippen LogP contribution in [0, 0.1) is 5.92 Å². The van der Waals surface area contributed by atoms with E-state index >= 15 is 0 Å². The lowest BCUT2D eigenvalue weighted by atomic mass is 9.77. The van der Waals surface area contributed by atoms with Crippen molar-refractivity contribution in [2.45, 2.75) is 44.8 Å². The van der Waals surface area contributed by atoms with Crippen LogP contribution < -0.4 is 4.72 Å². The van der Waals surface area contributed by atoms with Gasteiger partial charge in [0, 0.05) is 4.88 Å². The third-order valence-corrected chi connectivity index (χ3v) is 5.94. The number of thiophene rings is 1. The number of aliphatic hydroxyl groups is 1. The van der Waals surface area contributed by atoms with Crippen LogP contribution in [0.1, 0.15) is 43.5 Å². The average molecular weight is 303 g/mol. The molecule has 1 aromatic heterocycles. The minimum atomic E-state index is -3.23. The summed E-state index contributed by atoms with van der Waals surface area (Å²) in [5, 5.41) is 11.4. The van der Waals surface area contributed by atoms with Crippen molar-refractivity contribution in [2.75, 3.05) is 5.75 Å². The lowest BCUT2D eigenvalue weighted by Crippen LogP contribution is -2.41. The van der Waals surface area contributed by atoms with E-state index in [2.05, 4.69) is 4.72 Å². The summed E-state index contributed by atoms with van der Waals surface area (Å²) in [5.74, 6) is 0.394. The first-order valence-electron chi connectivity index (χ1n) is 6.73. The Balaban J connectivity index is 2.06. The molecule has 1 aliphatic rings. The van der Waals surface area contributed by atoms with Crippen LogP contribution in [0.15, 0.2) is 17.5 Å². The largest absolute Gasteiger partial charge is 0.393 e. The van der Waals surface area contributed by atoms with Gasteiger partial charge in [-0.25, -0.2) is 13.1 Å². The van der Waals surface area contributed by atoms with Crippen LogP contribution in [0.25, 0.3) is 0 Å². The molecular formula is C13H21NO3S2. The van der Waals surface area contributed by atoms with Crippen LogP contribution in [0.2, 0.25) is 0 Å². The fourth-order valence-electron chi connectivity index (χ4n) is 2.34.